The summed E-state index contributed by atoms with van der Waals surface area (Å²) in [7, 11) is 0. The van der Waals surface area contributed by atoms with Crippen LogP contribution in [-0.2, 0) is 4.84 Å². The van der Waals surface area contributed by atoms with Crippen LogP contribution in [0.15, 0.2) is 12.2 Å². The van der Waals surface area contributed by atoms with Gasteiger partial charge in [-0.15, -0.1) is 0 Å². The second-order valence-corrected chi connectivity index (χ2v) is 0.902. The Hall–Kier alpha value is -0.340. The number of hydrogen-bond donors (Lipinski definition) is 1. The standard InChI is InChI=1S/C4H9NO/c1-2-3-4-6-5/h2-3H,4-5H2,1H3/b3-2+. The third-order valence-corrected chi connectivity index (χ3v) is 0.428. The Morgan fingerprint density at radius 2 is 2.50 bits per heavy atom. The lowest BCUT2D eigenvalue weighted by Gasteiger charge is -1.81. The lowest BCUT2D eigenvalue weighted by molar-refractivity contribution is 0.168. The summed E-state index contributed by atoms with van der Waals surface area (Å²) in [4.78, 5) is 4.20. The predicted octanol–water partition coefficient (Wildman–Crippen LogP) is 0.453. The van der Waals surface area contributed by atoms with E-state index in [-0.39, 0.29) is 0 Å². The zero-order valence-electron chi connectivity index (χ0n) is 3.85. The van der Waals surface area contributed by atoms with Crippen molar-refractivity contribution in [2.75, 3.05) is 6.61 Å². The van der Waals surface area contributed by atoms with Crippen molar-refractivity contribution in [1.82, 2.24) is 0 Å². The van der Waals surface area contributed by atoms with E-state index in [2.05, 4.69) is 10.7 Å². The first kappa shape index (κ1) is 5.66. The second-order valence-electron chi connectivity index (χ2n) is 0.902. The summed E-state index contributed by atoms with van der Waals surface area (Å²) in [6.07, 6.45) is 3.72. The molecule has 0 unspecified atom stereocenters. The molecule has 0 aromatic heterocycles. The molecular weight excluding hydrogens is 78.0 g/mol. The molecule has 0 aromatic carbocycles. The molecule has 0 saturated heterocycles. The normalized spacial score (nSPS) is 10.3. The maximum absolute atomic E-state index is 4.66. The third-order valence-electron chi connectivity index (χ3n) is 0.428. The molecule has 0 aromatic rings. The summed E-state index contributed by atoms with van der Waals surface area (Å²) in [5, 5.41) is 0. The van der Waals surface area contributed by atoms with Crippen molar-refractivity contribution >= 4 is 0 Å². The molecule has 0 bridgehead atoms. The van der Waals surface area contributed by atoms with Gasteiger partial charge in [0.1, 0.15) is 0 Å². The highest BCUT2D eigenvalue weighted by Gasteiger charge is 1.62. The van der Waals surface area contributed by atoms with E-state index in [1.807, 2.05) is 19.1 Å². The van der Waals surface area contributed by atoms with Gasteiger partial charge < -0.3 is 4.84 Å². The van der Waals surface area contributed by atoms with E-state index < -0.39 is 0 Å². The molecule has 0 saturated carbocycles. The molecule has 2 N–H and O–H groups in total. The van der Waals surface area contributed by atoms with Gasteiger partial charge in [0.25, 0.3) is 0 Å². The number of nitrogens with two attached hydrogens (primary N) is 1. The fourth-order valence-electron chi connectivity index (χ4n) is 0.152. The van der Waals surface area contributed by atoms with Crippen molar-refractivity contribution in [3.05, 3.63) is 12.2 Å². The maximum Gasteiger partial charge on any atom is 0.0860 e. The summed E-state index contributed by atoms with van der Waals surface area (Å²) in [6.45, 7) is 2.43. The van der Waals surface area contributed by atoms with Crippen molar-refractivity contribution in [3.8, 4) is 0 Å². The van der Waals surface area contributed by atoms with Crippen molar-refractivity contribution in [2.45, 2.75) is 6.92 Å². The first-order chi connectivity index (χ1) is 2.91. The van der Waals surface area contributed by atoms with Gasteiger partial charge in [-0.1, -0.05) is 12.2 Å². The Bertz CT molecular complexity index is 42.8. The van der Waals surface area contributed by atoms with Crippen LogP contribution >= 0.6 is 0 Å². The van der Waals surface area contributed by atoms with Crippen molar-refractivity contribution in [1.29, 1.82) is 0 Å². The topological polar surface area (TPSA) is 35.2 Å². The minimum atomic E-state index is 0.510. The van der Waals surface area contributed by atoms with Gasteiger partial charge in [-0.05, 0) is 6.92 Å². The average Bonchev–Trinajstić information content (AvgIpc) is 1.61. The van der Waals surface area contributed by atoms with Crippen molar-refractivity contribution < 1.29 is 4.84 Å². The van der Waals surface area contributed by atoms with E-state index in [1.54, 1.807) is 0 Å². The van der Waals surface area contributed by atoms with Gasteiger partial charge in [0, 0.05) is 0 Å². The van der Waals surface area contributed by atoms with E-state index in [4.69, 9.17) is 0 Å². The van der Waals surface area contributed by atoms with Crippen LogP contribution in [0.4, 0.5) is 0 Å². The number of allylic oxidation sites excluding steroid dienone is 1. The molecule has 2 nitrogen and oxygen atoms in total. The molecule has 0 rings (SSSR count). The zero-order chi connectivity index (χ0) is 4.83. The molecule has 0 heterocycles. The fourth-order valence-corrected chi connectivity index (χ4v) is 0.152. The highest BCUT2D eigenvalue weighted by Crippen LogP contribution is 1.66. The van der Waals surface area contributed by atoms with Gasteiger partial charge in [0.2, 0.25) is 0 Å². The van der Waals surface area contributed by atoms with E-state index in [0.29, 0.717) is 6.61 Å². The van der Waals surface area contributed by atoms with Crippen LogP contribution < -0.4 is 5.90 Å². The SMILES string of the molecule is C/C=C/CON. The molecule has 0 aliphatic heterocycles. The highest BCUT2D eigenvalue weighted by molar-refractivity contribution is 4.75. The van der Waals surface area contributed by atoms with Gasteiger partial charge in [-0.25, -0.2) is 5.90 Å². The van der Waals surface area contributed by atoms with Gasteiger partial charge in [0.15, 0.2) is 0 Å². The van der Waals surface area contributed by atoms with E-state index in [0.717, 1.165) is 0 Å². The summed E-state index contributed by atoms with van der Waals surface area (Å²) < 4.78 is 0. The quantitative estimate of drug-likeness (QED) is 0.392. The van der Waals surface area contributed by atoms with E-state index >= 15 is 0 Å². The van der Waals surface area contributed by atoms with E-state index in [9.17, 15) is 0 Å². The highest BCUT2D eigenvalue weighted by atomic mass is 16.6. The van der Waals surface area contributed by atoms with Gasteiger partial charge in [-0.2, -0.15) is 0 Å². The molecule has 0 spiro atoms. The molecule has 2 heteroatoms. The Kier molecular flexibility index (Phi) is 4.40. The lowest BCUT2D eigenvalue weighted by Crippen LogP contribution is -1.96. The van der Waals surface area contributed by atoms with Gasteiger partial charge in [-0.3, -0.25) is 0 Å². The van der Waals surface area contributed by atoms with Gasteiger partial charge in [0.05, 0.1) is 6.61 Å². The van der Waals surface area contributed by atoms with Crippen molar-refractivity contribution in [2.24, 2.45) is 5.90 Å². The largest absolute Gasteiger partial charge is 0.300 e. The predicted molar refractivity (Wildman–Crippen MR) is 25.0 cm³/mol. The summed E-state index contributed by atoms with van der Waals surface area (Å²) in [6, 6.07) is 0. The van der Waals surface area contributed by atoms with Crippen LogP contribution in [0.1, 0.15) is 6.92 Å². The smallest absolute Gasteiger partial charge is 0.0860 e. The Balaban J connectivity index is 2.66. The van der Waals surface area contributed by atoms with Crippen LogP contribution in [0.25, 0.3) is 0 Å². The fraction of sp³-hybridized carbons (Fsp3) is 0.500. The third kappa shape index (κ3) is 3.66. The minimum Gasteiger partial charge on any atom is -0.300 e. The number of rotatable bonds is 2. The monoisotopic (exact) mass is 87.1 g/mol. The second kappa shape index (κ2) is 4.66. The molecule has 6 heavy (non-hydrogen) atoms. The Labute approximate surface area is 37.6 Å². The molecule has 0 radical (unpaired) electrons. The lowest BCUT2D eigenvalue weighted by atomic mass is 10.6. The minimum absolute atomic E-state index is 0.510. The first-order valence-corrected chi connectivity index (χ1v) is 1.84. The van der Waals surface area contributed by atoms with Gasteiger partial charge >= 0.3 is 0 Å². The van der Waals surface area contributed by atoms with Crippen LogP contribution in [0, 0.1) is 0 Å². The van der Waals surface area contributed by atoms with Crippen LogP contribution in [0.5, 0.6) is 0 Å². The molecule has 0 aliphatic carbocycles. The van der Waals surface area contributed by atoms with E-state index in [1.165, 1.54) is 0 Å². The average molecular weight is 87.1 g/mol. The van der Waals surface area contributed by atoms with Crippen LogP contribution in [0.2, 0.25) is 0 Å². The molecule has 0 amide bonds. The number of hydrogen-bond acceptors (Lipinski definition) is 2. The Morgan fingerprint density at radius 1 is 1.83 bits per heavy atom. The summed E-state index contributed by atoms with van der Waals surface area (Å²) >= 11 is 0. The molecule has 0 atom stereocenters. The molecule has 36 valence electrons. The molecular formula is C4H9NO. The zero-order valence-corrected chi connectivity index (χ0v) is 3.85. The first-order valence-electron chi connectivity index (χ1n) is 1.84. The summed E-state index contributed by atoms with van der Waals surface area (Å²) in [5.41, 5.74) is 0. The molecule has 0 fully saturated rings. The molecule has 0 aliphatic rings. The maximum atomic E-state index is 4.66. The van der Waals surface area contributed by atoms with Crippen molar-refractivity contribution in [3.63, 3.8) is 0 Å². The Morgan fingerprint density at radius 3 is 2.67 bits per heavy atom. The summed E-state index contributed by atoms with van der Waals surface area (Å²) in [5.74, 6) is 4.66. The van der Waals surface area contributed by atoms with Crippen LogP contribution in [-0.4, -0.2) is 6.61 Å². The van der Waals surface area contributed by atoms with Crippen LogP contribution in [0.3, 0.4) is 0 Å².